The Labute approximate surface area is 95.9 Å². The second-order valence-corrected chi connectivity index (χ2v) is 4.32. The van der Waals surface area contributed by atoms with Crippen LogP contribution in [0.5, 0.6) is 0 Å². The molecule has 1 amide bonds. The zero-order valence-electron chi connectivity index (χ0n) is 9.99. The number of Topliss-reactive ketones (excluding diaryl/α,β-unsaturated/α-hetero) is 1. The lowest BCUT2D eigenvalue weighted by Gasteiger charge is -2.40. The molecule has 2 N–H and O–H groups in total. The maximum atomic E-state index is 11.6. The molecule has 16 heavy (non-hydrogen) atoms. The molecule has 1 rings (SSSR count). The minimum Gasteiger partial charge on any atom is -0.449 e. The van der Waals surface area contributed by atoms with Crippen LogP contribution in [0.1, 0.15) is 39.0 Å². The Hall–Kier alpha value is -1.10. The normalized spacial score (nSPS) is 19.3. The molecule has 0 saturated heterocycles. The van der Waals surface area contributed by atoms with Crippen LogP contribution in [0.3, 0.4) is 0 Å². The molecule has 1 saturated carbocycles. The lowest BCUT2D eigenvalue weighted by atomic mass is 9.88. The molecule has 0 aromatic carbocycles. The molecule has 92 valence electrons. The van der Waals surface area contributed by atoms with Crippen LogP contribution in [0.15, 0.2) is 0 Å². The third-order valence-electron chi connectivity index (χ3n) is 3.05. The summed E-state index contributed by atoms with van der Waals surface area (Å²) in [6, 6.07) is 0. The second-order valence-electron chi connectivity index (χ2n) is 4.32. The fourth-order valence-electron chi connectivity index (χ4n) is 1.77. The van der Waals surface area contributed by atoms with Crippen LogP contribution >= 0.6 is 0 Å². The van der Waals surface area contributed by atoms with Crippen molar-refractivity contribution in [2.75, 3.05) is 13.7 Å². The molecule has 0 unspecified atom stereocenters. The Morgan fingerprint density at radius 2 is 2.06 bits per heavy atom. The fourth-order valence-corrected chi connectivity index (χ4v) is 1.77. The van der Waals surface area contributed by atoms with Crippen molar-refractivity contribution >= 4 is 11.9 Å². The molecule has 0 aromatic heterocycles. The van der Waals surface area contributed by atoms with Crippen LogP contribution in [0, 0.1) is 0 Å². The van der Waals surface area contributed by atoms with Crippen molar-refractivity contribution in [2.24, 2.45) is 5.73 Å². The molecule has 0 aliphatic heterocycles. The van der Waals surface area contributed by atoms with Crippen molar-refractivity contribution in [2.45, 2.75) is 44.7 Å². The van der Waals surface area contributed by atoms with Gasteiger partial charge in [-0.2, -0.15) is 0 Å². The van der Waals surface area contributed by atoms with Crippen LogP contribution in [0.4, 0.5) is 4.79 Å². The summed E-state index contributed by atoms with van der Waals surface area (Å²) in [5, 5.41) is 0. The van der Waals surface area contributed by atoms with Gasteiger partial charge in [-0.05, 0) is 19.3 Å². The third kappa shape index (κ3) is 2.95. The smallest absolute Gasteiger partial charge is 0.410 e. The number of carbonyl (C=O) groups is 2. The first-order valence-electron chi connectivity index (χ1n) is 5.71. The van der Waals surface area contributed by atoms with Gasteiger partial charge in [0, 0.05) is 19.9 Å². The summed E-state index contributed by atoms with van der Waals surface area (Å²) in [7, 11) is 1.63. The minimum atomic E-state index is -0.723. The van der Waals surface area contributed by atoms with E-state index >= 15 is 0 Å². The first-order valence-corrected chi connectivity index (χ1v) is 5.71. The average Bonchev–Trinajstić information content (AvgIpc) is 2.29. The number of nitrogens with two attached hydrogens (primary N) is 1. The van der Waals surface area contributed by atoms with Gasteiger partial charge in [0.15, 0.2) is 0 Å². The van der Waals surface area contributed by atoms with Crippen molar-refractivity contribution in [3.05, 3.63) is 0 Å². The molecule has 0 aromatic rings. The van der Waals surface area contributed by atoms with E-state index < -0.39 is 11.8 Å². The number of rotatable bonds is 3. The third-order valence-corrected chi connectivity index (χ3v) is 3.05. The molecule has 5 nitrogen and oxygen atoms in total. The monoisotopic (exact) mass is 228 g/mol. The molecule has 0 atom stereocenters. The Bertz CT molecular complexity index is 268. The van der Waals surface area contributed by atoms with Crippen molar-refractivity contribution in [3.8, 4) is 0 Å². The summed E-state index contributed by atoms with van der Waals surface area (Å²) in [5.41, 5.74) is 5.39. The molecule has 0 heterocycles. The van der Waals surface area contributed by atoms with E-state index in [1.54, 1.807) is 7.05 Å². The maximum Gasteiger partial charge on any atom is 0.410 e. The molecular weight excluding hydrogens is 208 g/mol. The highest BCUT2D eigenvalue weighted by Gasteiger charge is 2.37. The van der Waals surface area contributed by atoms with Crippen molar-refractivity contribution < 1.29 is 14.3 Å². The topological polar surface area (TPSA) is 72.6 Å². The van der Waals surface area contributed by atoms with E-state index in [1.165, 1.54) is 4.90 Å². The van der Waals surface area contributed by atoms with Crippen LogP contribution in [-0.2, 0) is 9.53 Å². The van der Waals surface area contributed by atoms with Gasteiger partial charge in [-0.25, -0.2) is 4.79 Å². The fraction of sp³-hybridized carbons (Fsp3) is 0.818. The summed E-state index contributed by atoms with van der Waals surface area (Å²) in [6.07, 6.45) is 2.31. The van der Waals surface area contributed by atoms with Gasteiger partial charge in [0.2, 0.25) is 0 Å². The van der Waals surface area contributed by atoms with Gasteiger partial charge in [-0.3, -0.25) is 9.69 Å². The number of carbonyl (C=O) groups excluding carboxylic acids is 2. The Kier molecular flexibility index (Phi) is 4.29. The summed E-state index contributed by atoms with van der Waals surface area (Å²) < 4.78 is 5.02. The second kappa shape index (κ2) is 5.30. The number of hydrogen-bond donors (Lipinski definition) is 1. The quantitative estimate of drug-likeness (QED) is 0.738. The van der Waals surface area contributed by atoms with Crippen molar-refractivity contribution in [1.82, 2.24) is 4.90 Å². The lowest BCUT2D eigenvalue weighted by molar-refractivity contribution is -0.122. The van der Waals surface area contributed by atoms with E-state index in [9.17, 15) is 9.59 Å². The largest absolute Gasteiger partial charge is 0.449 e. The first kappa shape index (κ1) is 13.0. The molecule has 0 spiro atoms. The van der Waals surface area contributed by atoms with Crippen LogP contribution in [-0.4, -0.2) is 36.1 Å². The highest BCUT2D eigenvalue weighted by molar-refractivity contribution is 5.80. The summed E-state index contributed by atoms with van der Waals surface area (Å²) in [5.74, 6) is 0.219. The van der Waals surface area contributed by atoms with Crippen LogP contribution in [0.2, 0.25) is 0 Å². The van der Waals surface area contributed by atoms with Crippen LogP contribution in [0.25, 0.3) is 0 Å². The van der Waals surface area contributed by atoms with E-state index in [-0.39, 0.29) is 5.78 Å². The highest BCUT2D eigenvalue weighted by atomic mass is 16.6. The van der Waals surface area contributed by atoms with Crippen LogP contribution < -0.4 is 5.73 Å². The van der Waals surface area contributed by atoms with Gasteiger partial charge in [-0.15, -0.1) is 0 Å². The zero-order chi connectivity index (χ0) is 12.2. The molecule has 0 bridgehead atoms. The molecule has 1 aliphatic carbocycles. The van der Waals surface area contributed by atoms with E-state index in [4.69, 9.17) is 10.5 Å². The molecule has 5 heteroatoms. The van der Waals surface area contributed by atoms with Gasteiger partial charge in [0.25, 0.3) is 0 Å². The molecule has 0 radical (unpaired) electrons. The molecular formula is C11H20N2O3. The predicted octanol–water partition coefficient (Wildman–Crippen LogP) is 1.26. The van der Waals surface area contributed by atoms with E-state index in [2.05, 4.69) is 0 Å². The summed E-state index contributed by atoms with van der Waals surface area (Å²) in [4.78, 5) is 24.2. The maximum absolute atomic E-state index is 11.6. The van der Waals surface area contributed by atoms with E-state index in [0.29, 0.717) is 32.3 Å². The SMILES string of the molecule is CCCOC(=O)N(C)C1(N)CCC(=O)CC1. The van der Waals surface area contributed by atoms with Gasteiger partial charge >= 0.3 is 6.09 Å². The van der Waals surface area contributed by atoms with Gasteiger partial charge in [-0.1, -0.05) is 6.92 Å². The standard InChI is InChI=1S/C11H20N2O3/c1-3-8-16-10(15)13(2)11(12)6-4-9(14)5-7-11/h3-8,12H2,1-2H3. The van der Waals surface area contributed by atoms with Crippen molar-refractivity contribution in [3.63, 3.8) is 0 Å². The highest BCUT2D eigenvalue weighted by Crippen LogP contribution is 2.26. The number of nitrogens with zero attached hydrogens (tertiary/aromatic N) is 1. The number of amides is 1. The Morgan fingerprint density at radius 3 is 2.56 bits per heavy atom. The van der Waals surface area contributed by atoms with Gasteiger partial charge < -0.3 is 10.5 Å². The molecule has 1 aliphatic rings. The number of ketones is 1. The van der Waals surface area contributed by atoms with Crippen molar-refractivity contribution in [1.29, 1.82) is 0 Å². The lowest BCUT2D eigenvalue weighted by Crippen LogP contribution is -2.58. The first-order chi connectivity index (χ1) is 7.49. The number of ether oxygens (including phenoxy) is 1. The zero-order valence-corrected chi connectivity index (χ0v) is 9.99. The molecule has 1 fully saturated rings. The Morgan fingerprint density at radius 1 is 1.50 bits per heavy atom. The van der Waals surface area contributed by atoms with Gasteiger partial charge in [0.05, 0.1) is 12.3 Å². The van der Waals surface area contributed by atoms with Gasteiger partial charge in [0.1, 0.15) is 5.78 Å². The van der Waals surface area contributed by atoms with E-state index in [1.807, 2.05) is 6.92 Å². The summed E-state index contributed by atoms with van der Waals surface area (Å²) in [6.45, 7) is 2.34. The average molecular weight is 228 g/mol. The Balaban J connectivity index is 2.54. The number of hydrogen-bond acceptors (Lipinski definition) is 4. The summed E-state index contributed by atoms with van der Waals surface area (Å²) >= 11 is 0. The minimum absolute atomic E-state index is 0.219. The van der Waals surface area contributed by atoms with E-state index in [0.717, 1.165) is 6.42 Å². The predicted molar refractivity (Wildman–Crippen MR) is 59.8 cm³/mol.